The van der Waals surface area contributed by atoms with E-state index in [0.29, 0.717) is 11.8 Å². The van der Waals surface area contributed by atoms with Gasteiger partial charge in [-0.3, -0.25) is 0 Å². The molecule has 35 heavy (non-hydrogen) atoms. The predicted octanol–water partition coefficient (Wildman–Crippen LogP) is 6.94. The second-order valence-electron chi connectivity index (χ2n) is 11.6. The largest absolute Gasteiger partial charge is 0.407 e. The maximum Gasteiger partial charge on any atom is 0.261 e. The maximum absolute atomic E-state index is 7.13. The first-order valence-corrected chi connectivity index (χ1v) is 15.7. The molecule has 0 radical (unpaired) electrons. The van der Waals surface area contributed by atoms with Crippen LogP contribution in [0.15, 0.2) is 60.7 Å². The molecule has 1 saturated heterocycles. The van der Waals surface area contributed by atoms with Crippen molar-refractivity contribution in [2.45, 2.75) is 97.5 Å². The van der Waals surface area contributed by atoms with Crippen molar-refractivity contribution in [3.05, 3.63) is 60.7 Å². The minimum Gasteiger partial charge on any atom is -0.407 e. The van der Waals surface area contributed by atoms with E-state index < -0.39 is 8.32 Å². The van der Waals surface area contributed by atoms with Gasteiger partial charge in [-0.1, -0.05) is 102 Å². The van der Waals surface area contributed by atoms with E-state index in [4.69, 9.17) is 13.9 Å². The summed E-state index contributed by atoms with van der Waals surface area (Å²) in [6, 6.07) is 21.9. The molecule has 0 N–H and O–H groups in total. The number of ether oxygens (including phenoxy) is 2. The van der Waals surface area contributed by atoms with Crippen molar-refractivity contribution < 1.29 is 13.9 Å². The molecular weight excluding hydrogens is 448 g/mol. The van der Waals surface area contributed by atoms with Crippen molar-refractivity contribution in [2.75, 3.05) is 13.2 Å². The fourth-order valence-corrected chi connectivity index (χ4v) is 10.0. The summed E-state index contributed by atoms with van der Waals surface area (Å²) in [6.45, 7) is 15.6. The van der Waals surface area contributed by atoms with Crippen LogP contribution in [0.4, 0.5) is 0 Å². The molecule has 4 heteroatoms. The highest BCUT2D eigenvalue weighted by Crippen LogP contribution is 2.37. The van der Waals surface area contributed by atoms with Gasteiger partial charge in [0.15, 0.2) is 6.29 Å². The summed E-state index contributed by atoms with van der Waals surface area (Å²) in [5.41, 5.74) is 0. The normalized spacial score (nSPS) is 19.8. The van der Waals surface area contributed by atoms with Gasteiger partial charge >= 0.3 is 0 Å². The first-order chi connectivity index (χ1) is 16.7. The molecule has 2 aromatic rings. The molecule has 0 aromatic heterocycles. The van der Waals surface area contributed by atoms with Crippen molar-refractivity contribution in [3.63, 3.8) is 0 Å². The molecule has 1 aliphatic heterocycles. The molecule has 2 aromatic carbocycles. The Morgan fingerprint density at radius 2 is 1.49 bits per heavy atom. The molecule has 1 fully saturated rings. The van der Waals surface area contributed by atoms with Crippen LogP contribution in [0.2, 0.25) is 5.04 Å². The molecule has 2 unspecified atom stereocenters. The average Bonchev–Trinajstić information content (AvgIpc) is 2.85. The first kappa shape index (κ1) is 28.1. The number of hydrogen-bond acceptors (Lipinski definition) is 3. The molecule has 1 heterocycles. The Labute approximate surface area is 215 Å². The smallest absolute Gasteiger partial charge is 0.261 e. The SMILES string of the molecule is CC(OC1CCCCO1)[C@@H](C)CCC[C@@H](C)CO[Si](c1ccccc1)(c1ccccc1)C(C)(C)C. The van der Waals surface area contributed by atoms with Crippen LogP contribution in [-0.4, -0.2) is 33.9 Å². The highest BCUT2D eigenvalue weighted by molar-refractivity contribution is 6.99. The maximum atomic E-state index is 7.13. The summed E-state index contributed by atoms with van der Waals surface area (Å²) in [7, 11) is -2.45. The van der Waals surface area contributed by atoms with Crippen LogP contribution < -0.4 is 10.4 Å². The molecular formula is C31H48O3Si. The molecule has 0 saturated carbocycles. The van der Waals surface area contributed by atoms with Gasteiger partial charge in [-0.2, -0.15) is 0 Å². The van der Waals surface area contributed by atoms with Gasteiger partial charge < -0.3 is 13.9 Å². The highest BCUT2D eigenvalue weighted by Gasteiger charge is 2.50. The van der Waals surface area contributed by atoms with Crippen molar-refractivity contribution in [2.24, 2.45) is 11.8 Å². The zero-order chi connectivity index (χ0) is 25.3. The predicted molar refractivity (Wildman–Crippen MR) is 150 cm³/mol. The third-order valence-corrected chi connectivity index (χ3v) is 12.7. The molecule has 3 rings (SSSR count). The lowest BCUT2D eigenvalue weighted by Crippen LogP contribution is -2.66. The Balaban J connectivity index is 1.59. The van der Waals surface area contributed by atoms with Crippen molar-refractivity contribution >= 4 is 18.7 Å². The third kappa shape index (κ3) is 7.52. The topological polar surface area (TPSA) is 27.7 Å². The zero-order valence-corrected chi connectivity index (χ0v) is 24.0. The van der Waals surface area contributed by atoms with E-state index >= 15 is 0 Å². The van der Waals surface area contributed by atoms with Gasteiger partial charge in [0.2, 0.25) is 0 Å². The fourth-order valence-electron chi connectivity index (χ4n) is 5.33. The average molecular weight is 497 g/mol. The molecule has 194 valence electrons. The minimum absolute atomic E-state index is 0.0000217. The summed E-state index contributed by atoms with van der Waals surface area (Å²) in [5.74, 6) is 1.05. The van der Waals surface area contributed by atoms with Crippen LogP contribution in [0.3, 0.4) is 0 Å². The zero-order valence-electron chi connectivity index (χ0n) is 23.0. The second-order valence-corrected chi connectivity index (χ2v) is 15.9. The molecule has 0 aliphatic carbocycles. The Kier molecular flexibility index (Phi) is 10.6. The van der Waals surface area contributed by atoms with E-state index in [2.05, 4.69) is 102 Å². The van der Waals surface area contributed by atoms with Crippen molar-refractivity contribution in [1.29, 1.82) is 0 Å². The first-order valence-electron chi connectivity index (χ1n) is 13.8. The Hall–Kier alpha value is -1.46. The van der Waals surface area contributed by atoms with Crippen LogP contribution in [0.1, 0.15) is 80.1 Å². The summed E-state index contributed by atoms with van der Waals surface area (Å²) < 4.78 is 19.1. The van der Waals surface area contributed by atoms with E-state index in [-0.39, 0.29) is 17.4 Å². The lowest BCUT2D eigenvalue weighted by atomic mass is 9.95. The fraction of sp³-hybridized carbons (Fsp3) is 0.613. The number of rotatable bonds is 12. The molecule has 3 nitrogen and oxygen atoms in total. The molecule has 0 amide bonds. The summed E-state index contributed by atoms with van der Waals surface area (Å²) in [5, 5.41) is 2.74. The van der Waals surface area contributed by atoms with E-state index in [1.807, 2.05) is 0 Å². The number of hydrogen-bond donors (Lipinski definition) is 0. The lowest BCUT2D eigenvalue weighted by molar-refractivity contribution is -0.193. The van der Waals surface area contributed by atoms with Gasteiger partial charge in [-0.15, -0.1) is 0 Å². The monoisotopic (exact) mass is 496 g/mol. The summed E-state index contributed by atoms with van der Waals surface area (Å²) in [4.78, 5) is 0. The summed E-state index contributed by atoms with van der Waals surface area (Å²) >= 11 is 0. The Bertz CT molecular complexity index is 803. The van der Waals surface area contributed by atoms with E-state index in [0.717, 1.165) is 26.1 Å². The standard InChI is InChI=1S/C31H48O3Si/c1-25(16-15-17-26(2)27(3)34-30-22-13-14-23-32-30)24-33-35(31(4,5)6,28-18-9-7-10-19-28)29-20-11-8-12-21-29/h7-12,18-21,25-27,30H,13-17,22-24H2,1-6H3/t25-,26+,27?,30?/m1/s1. The Morgan fingerprint density at radius 3 is 2.00 bits per heavy atom. The Morgan fingerprint density at radius 1 is 0.886 bits per heavy atom. The molecule has 4 atom stereocenters. The van der Waals surface area contributed by atoms with Gasteiger partial charge in [0, 0.05) is 13.2 Å². The van der Waals surface area contributed by atoms with Gasteiger partial charge in [0.25, 0.3) is 8.32 Å². The van der Waals surface area contributed by atoms with Gasteiger partial charge in [0.1, 0.15) is 0 Å². The van der Waals surface area contributed by atoms with Crippen molar-refractivity contribution in [1.82, 2.24) is 0 Å². The van der Waals surface area contributed by atoms with Gasteiger partial charge in [-0.25, -0.2) is 0 Å². The van der Waals surface area contributed by atoms with Crippen LogP contribution in [0, 0.1) is 11.8 Å². The number of benzene rings is 2. The van der Waals surface area contributed by atoms with Gasteiger partial charge in [0.05, 0.1) is 6.10 Å². The van der Waals surface area contributed by atoms with E-state index in [9.17, 15) is 0 Å². The lowest BCUT2D eigenvalue weighted by Gasteiger charge is -2.43. The summed E-state index contributed by atoms with van der Waals surface area (Å²) in [6.07, 6.45) is 7.21. The van der Waals surface area contributed by atoms with Crippen LogP contribution in [0.25, 0.3) is 0 Å². The van der Waals surface area contributed by atoms with E-state index in [1.165, 1.54) is 36.1 Å². The van der Waals surface area contributed by atoms with Crippen LogP contribution in [0.5, 0.6) is 0 Å². The molecule has 0 bridgehead atoms. The van der Waals surface area contributed by atoms with Crippen LogP contribution >= 0.6 is 0 Å². The van der Waals surface area contributed by atoms with E-state index in [1.54, 1.807) is 0 Å². The van der Waals surface area contributed by atoms with Crippen molar-refractivity contribution in [3.8, 4) is 0 Å². The minimum atomic E-state index is -2.45. The molecule has 1 aliphatic rings. The highest BCUT2D eigenvalue weighted by atomic mass is 28.4. The molecule has 0 spiro atoms. The van der Waals surface area contributed by atoms with Crippen LogP contribution in [-0.2, 0) is 13.9 Å². The van der Waals surface area contributed by atoms with Gasteiger partial charge in [-0.05, 0) is 66.3 Å². The second kappa shape index (κ2) is 13.2. The third-order valence-electron chi connectivity index (χ3n) is 7.66. The quantitative estimate of drug-likeness (QED) is 0.298.